The lowest BCUT2D eigenvalue weighted by atomic mass is 9.97. The second-order valence-electron chi connectivity index (χ2n) is 3.03. The third kappa shape index (κ3) is 2.97. The highest BCUT2D eigenvalue weighted by Crippen LogP contribution is 2.18. The van der Waals surface area contributed by atoms with Gasteiger partial charge in [-0.25, -0.2) is 0 Å². The molecule has 0 heterocycles. The van der Waals surface area contributed by atoms with E-state index in [0.717, 1.165) is 11.8 Å². The normalized spacial score (nSPS) is 12.0. The lowest BCUT2D eigenvalue weighted by Crippen LogP contribution is -2.12. The molecule has 4 nitrogen and oxygen atoms in total. The van der Waals surface area contributed by atoms with Crippen LogP contribution in [0.15, 0.2) is 30.3 Å². The summed E-state index contributed by atoms with van der Waals surface area (Å²) in [6.45, 7) is -0.192. The van der Waals surface area contributed by atoms with Crippen molar-refractivity contribution in [3.8, 4) is 0 Å². The Balaban J connectivity index is 2.77. The van der Waals surface area contributed by atoms with Crippen LogP contribution in [0.5, 0.6) is 0 Å². The molecule has 74 valence electrons. The van der Waals surface area contributed by atoms with Gasteiger partial charge in [-0.05, 0) is 5.56 Å². The molecule has 1 atom stereocenters. The van der Waals surface area contributed by atoms with Gasteiger partial charge in [0.1, 0.15) is 6.29 Å². The van der Waals surface area contributed by atoms with Gasteiger partial charge in [-0.1, -0.05) is 30.3 Å². The number of aldehydes is 1. The van der Waals surface area contributed by atoms with Crippen molar-refractivity contribution in [1.82, 2.24) is 0 Å². The molecule has 0 N–H and O–H groups in total. The minimum Gasteiger partial charge on any atom is -0.303 e. The van der Waals surface area contributed by atoms with Crippen LogP contribution in [0, 0.1) is 10.1 Å². The maximum atomic E-state index is 10.3. The van der Waals surface area contributed by atoms with Crippen molar-refractivity contribution in [2.45, 2.75) is 12.3 Å². The number of hydrogen-bond acceptors (Lipinski definition) is 3. The van der Waals surface area contributed by atoms with E-state index in [1.54, 1.807) is 12.1 Å². The van der Waals surface area contributed by atoms with Gasteiger partial charge in [0.05, 0.1) is 5.92 Å². The summed E-state index contributed by atoms with van der Waals surface area (Å²) in [5.41, 5.74) is 0.844. The van der Waals surface area contributed by atoms with Crippen molar-refractivity contribution in [3.63, 3.8) is 0 Å². The van der Waals surface area contributed by atoms with Crippen molar-refractivity contribution in [2.24, 2.45) is 0 Å². The highest BCUT2D eigenvalue weighted by Gasteiger charge is 2.16. The zero-order valence-corrected chi connectivity index (χ0v) is 7.63. The van der Waals surface area contributed by atoms with Crippen molar-refractivity contribution in [3.05, 3.63) is 46.0 Å². The summed E-state index contributed by atoms with van der Waals surface area (Å²) in [4.78, 5) is 20.3. The Morgan fingerprint density at radius 3 is 2.50 bits per heavy atom. The molecule has 0 radical (unpaired) electrons. The minimum atomic E-state index is -0.388. The lowest BCUT2D eigenvalue weighted by molar-refractivity contribution is -0.483. The van der Waals surface area contributed by atoms with Gasteiger partial charge < -0.3 is 4.79 Å². The summed E-state index contributed by atoms with van der Waals surface area (Å²) in [7, 11) is 0. The molecule has 14 heavy (non-hydrogen) atoms. The second-order valence-corrected chi connectivity index (χ2v) is 3.03. The van der Waals surface area contributed by atoms with Crippen LogP contribution in [-0.2, 0) is 4.79 Å². The van der Waals surface area contributed by atoms with Crippen LogP contribution in [-0.4, -0.2) is 17.8 Å². The van der Waals surface area contributed by atoms with Gasteiger partial charge in [-0.15, -0.1) is 0 Å². The molecule has 0 bridgehead atoms. The monoisotopic (exact) mass is 193 g/mol. The molecular weight excluding hydrogens is 182 g/mol. The lowest BCUT2D eigenvalue weighted by Gasteiger charge is -2.08. The van der Waals surface area contributed by atoms with E-state index in [4.69, 9.17) is 0 Å². The molecule has 1 rings (SSSR count). The van der Waals surface area contributed by atoms with Crippen molar-refractivity contribution in [1.29, 1.82) is 0 Å². The van der Waals surface area contributed by atoms with Gasteiger partial charge in [-0.3, -0.25) is 10.1 Å². The summed E-state index contributed by atoms with van der Waals surface area (Å²) < 4.78 is 0. The average Bonchev–Trinajstić information content (AvgIpc) is 2.18. The summed E-state index contributed by atoms with van der Waals surface area (Å²) in [5, 5.41) is 10.3. The van der Waals surface area contributed by atoms with Crippen LogP contribution in [0.2, 0.25) is 0 Å². The van der Waals surface area contributed by atoms with Crippen LogP contribution in [0.4, 0.5) is 0 Å². The Kier molecular flexibility index (Phi) is 3.79. The molecule has 0 amide bonds. The molecule has 0 aliphatic heterocycles. The van der Waals surface area contributed by atoms with Gasteiger partial charge >= 0.3 is 0 Å². The van der Waals surface area contributed by atoms with Crippen LogP contribution in [0.1, 0.15) is 17.9 Å². The van der Waals surface area contributed by atoms with Crippen LogP contribution in [0.25, 0.3) is 0 Å². The first kappa shape index (κ1) is 10.4. The number of nitrogens with zero attached hydrogens (tertiary/aromatic N) is 1. The topological polar surface area (TPSA) is 60.2 Å². The van der Waals surface area contributed by atoms with E-state index >= 15 is 0 Å². The Morgan fingerprint density at radius 2 is 2.00 bits per heavy atom. The number of carbonyl (C=O) groups excluding carboxylic acids is 1. The molecule has 4 heteroatoms. The Morgan fingerprint density at radius 1 is 1.36 bits per heavy atom. The van der Waals surface area contributed by atoms with E-state index in [1.165, 1.54) is 0 Å². The number of carbonyl (C=O) groups is 1. The molecule has 0 aromatic heterocycles. The molecular formula is C10H11NO3. The third-order valence-corrected chi connectivity index (χ3v) is 2.02. The average molecular weight is 193 g/mol. The third-order valence-electron chi connectivity index (χ3n) is 2.02. The van der Waals surface area contributed by atoms with Crippen molar-refractivity contribution in [2.75, 3.05) is 6.54 Å². The standard InChI is InChI=1S/C10H11NO3/c12-7-6-10(8-11(13)14)9-4-2-1-3-5-9/h1-5,7,10H,6,8H2/t10-/m1/s1. The van der Waals surface area contributed by atoms with Crippen LogP contribution < -0.4 is 0 Å². The number of nitro groups is 1. The number of hydrogen-bond donors (Lipinski definition) is 0. The first-order chi connectivity index (χ1) is 6.74. The van der Waals surface area contributed by atoms with Crippen LogP contribution >= 0.6 is 0 Å². The SMILES string of the molecule is O=CC[C@H](C[N+](=O)[O-])c1ccccc1. The summed E-state index contributed by atoms with van der Waals surface area (Å²) in [6.07, 6.45) is 0.923. The Hall–Kier alpha value is -1.71. The highest BCUT2D eigenvalue weighted by molar-refractivity contribution is 5.51. The minimum absolute atomic E-state index is 0.192. The smallest absolute Gasteiger partial charge is 0.211 e. The first-order valence-electron chi connectivity index (χ1n) is 4.34. The number of benzene rings is 1. The molecule has 1 aromatic rings. The first-order valence-corrected chi connectivity index (χ1v) is 4.34. The predicted octanol–water partition coefficient (Wildman–Crippen LogP) is 1.64. The summed E-state index contributed by atoms with van der Waals surface area (Å²) in [6, 6.07) is 9.07. The zero-order chi connectivity index (χ0) is 10.4. The Labute approximate surface area is 81.7 Å². The van der Waals surface area contributed by atoms with E-state index in [0.29, 0.717) is 0 Å². The second kappa shape index (κ2) is 5.11. The largest absolute Gasteiger partial charge is 0.303 e. The van der Waals surface area contributed by atoms with E-state index in [1.807, 2.05) is 18.2 Å². The highest BCUT2D eigenvalue weighted by atomic mass is 16.6. The molecule has 0 fully saturated rings. The van der Waals surface area contributed by atoms with Gasteiger partial charge in [-0.2, -0.15) is 0 Å². The quantitative estimate of drug-likeness (QED) is 0.405. The van der Waals surface area contributed by atoms with Crippen molar-refractivity contribution >= 4 is 6.29 Å². The summed E-state index contributed by atoms with van der Waals surface area (Å²) >= 11 is 0. The maximum Gasteiger partial charge on any atom is 0.211 e. The van der Waals surface area contributed by atoms with E-state index in [9.17, 15) is 14.9 Å². The Bertz CT molecular complexity index is 310. The molecule has 0 saturated heterocycles. The van der Waals surface area contributed by atoms with Gasteiger partial charge in [0.25, 0.3) is 0 Å². The molecule has 0 saturated carbocycles. The fourth-order valence-corrected chi connectivity index (χ4v) is 1.34. The van der Waals surface area contributed by atoms with Gasteiger partial charge in [0, 0.05) is 11.3 Å². The fraction of sp³-hybridized carbons (Fsp3) is 0.300. The van der Waals surface area contributed by atoms with Gasteiger partial charge in [0.15, 0.2) is 0 Å². The van der Waals surface area contributed by atoms with Crippen molar-refractivity contribution < 1.29 is 9.72 Å². The molecule has 0 aliphatic carbocycles. The van der Waals surface area contributed by atoms with E-state index < -0.39 is 0 Å². The van der Waals surface area contributed by atoms with Crippen LogP contribution in [0.3, 0.4) is 0 Å². The molecule has 0 unspecified atom stereocenters. The van der Waals surface area contributed by atoms with E-state index in [-0.39, 0.29) is 23.8 Å². The zero-order valence-electron chi connectivity index (χ0n) is 7.63. The van der Waals surface area contributed by atoms with E-state index in [2.05, 4.69) is 0 Å². The number of rotatable bonds is 5. The summed E-state index contributed by atoms with van der Waals surface area (Å²) in [5.74, 6) is -0.302. The van der Waals surface area contributed by atoms with Gasteiger partial charge in [0.2, 0.25) is 6.54 Å². The molecule has 1 aromatic carbocycles. The molecule has 0 aliphatic rings. The molecule has 0 spiro atoms. The maximum absolute atomic E-state index is 10.3. The fourth-order valence-electron chi connectivity index (χ4n) is 1.34. The predicted molar refractivity (Wildman–Crippen MR) is 51.7 cm³/mol.